The number of phenolic OH excluding ortho intramolecular Hbond substituents is 2. The van der Waals surface area contributed by atoms with Crippen molar-refractivity contribution in [3.8, 4) is 17.2 Å². The number of hydrogen-bond donors (Lipinski definition) is 3. The summed E-state index contributed by atoms with van der Waals surface area (Å²) >= 11 is 0. The van der Waals surface area contributed by atoms with Crippen molar-refractivity contribution >= 4 is 5.78 Å². The van der Waals surface area contributed by atoms with Crippen molar-refractivity contribution < 1.29 is 29.9 Å². The summed E-state index contributed by atoms with van der Waals surface area (Å²) in [5, 5.41) is 28.7. The van der Waals surface area contributed by atoms with Crippen LogP contribution in [0.15, 0.2) is 35.9 Å². The summed E-state index contributed by atoms with van der Waals surface area (Å²) in [6, 6.07) is 2.46. The summed E-state index contributed by atoms with van der Waals surface area (Å²) in [6.45, 7) is 11.3. The van der Waals surface area contributed by atoms with Gasteiger partial charge in [0.25, 0.3) is 0 Å². The predicted octanol–water partition coefficient (Wildman–Crippen LogP) is 4.87. The molecule has 0 aliphatic rings. The number of aromatic hydroxyl groups is 2. The van der Waals surface area contributed by atoms with Gasteiger partial charge >= 0.3 is 0 Å². The average Bonchev–Trinajstić information content (AvgIpc) is 2.60. The van der Waals surface area contributed by atoms with Crippen LogP contribution in [-0.4, -0.2) is 34.0 Å². The number of allylic oxidation sites excluding steroid dienone is 1. The normalized spacial score (nSPS) is 13.9. The highest BCUT2D eigenvalue weighted by atomic mass is 17.1. The first kappa shape index (κ1) is 22.7. The lowest BCUT2D eigenvalue weighted by Crippen LogP contribution is -2.13. The molecule has 0 radical (unpaired) electrons. The summed E-state index contributed by atoms with van der Waals surface area (Å²) in [4.78, 5) is 16.9. The SMILES string of the molecule is C=C(C)[C@H](CC/C(C)=C/COc1cc(O)cc(O)c1C(=O)[C@@H](C)CC)OO. The molecule has 0 aliphatic heterocycles. The molecule has 27 heavy (non-hydrogen) atoms. The Morgan fingerprint density at radius 1 is 1.30 bits per heavy atom. The number of benzene rings is 1. The van der Waals surface area contributed by atoms with Crippen LogP contribution in [0.25, 0.3) is 0 Å². The van der Waals surface area contributed by atoms with E-state index in [1.165, 1.54) is 6.07 Å². The summed E-state index contributed by atoms with van der Waals surface area (Å²) in [5.74, 6) is -0.804. The third-order valence-corrected chi connectivity index (χ3v) is 4.52. The Hall–Kier alpha value is -2.31. The molecule has 0 saturated heterocycles. The number of ether oxygens (including phenoxy) is 1. The largest absolute Gasteiger partial charge is 0.508 e. The number of hydrogen-bond acceptors (Lipinski definition) is 6. The lowest BCUT2D eigenvalue weighted by Gasteiger charge is -2.15. The Labute approximate surface area is 160 Å². The van der Waals surface area contributed by atoms with Gasteiger partial charge in [0.15, 0.2) is 5.78 Å². The van der Waals surface area contributed by atoms with E-state index in [0.717, 1.165) is 17.2 Å². The van der Waals surface area contributed by atoms with Gasteiger partial charge in [0.2, 0.25) is 0 Å². The Bertz CT molecular complexity index is 692. The molecule has 3 N–H and O–H groups in total. The monoisotopic (exact) mass is 378 g/mol. The Kier molecular flexibility index (Phi) is 9.05. The van der Waals surface area contributed by atoms with Gasteiger partial charge in [-0.2, -0.15) is 0 Å². The zero-order valence-electron chi connectivity index (χ0n) is 16.5. The van der Waals surface area contributed by atoms with Gasteiger partial charge in [-0.25, -0.2) is 4.89 Å². The van der Waals surface area contributed by atoms with E-state index < -0.39 is 6.10 Å². The molecule has 0 unspecified atom stereocenters. The van der Waals surface area contributed by atoms with Gasteiger partial charge in [-0.3, -0.25) is 10.1 Å². The molecule has 1 aromatic carbocycles. The van der Waals surface area contributed by atoms with Gasteiger partial charge in [-0.15, -0.1) is 0 Å². The van der Waals surface area contributed by atoms with Crippen LogP contribution in [0.1, 0.15) is 57.3 Å². The van der Waals surface area contributed by atoms with Crippen LogP contribution < -0.4 is 4.74 Å². The van der Waals surface area contributed by atoms with Crippen molar-refractivity contribution in [2.24, 2.45) is 5.92 Å². The zero-order chi connectivity index (χ0) is 20.6. The molecule has 0 bridgehead atoms. The fourth-order valence-electron chi connectivity index (χ4n) is 2.50. The molecule has 150 valence electrons. The minimum Gasteiger partial charge on any atom is -0.508 e. The highest BCUT2D eigenvalue weighted by molar-refractivity contribution is 6.02. The first-order valence-electron chi connectivity index (χ1n) is 9.05. The van der Waals surface area contributed by atoms with E-state index >= 15 is 0 Å². The first-order valence-corrected chi connectivity index (χ1v) is 9.05. The van der Waals surface area contributed by atoms with Gasteiger partial charge in [-0.05, 0) is 44.8 Å². The molecule has 1 aromatic rings. The standard InChI is InChI=1S/C21H30O6/c1-6-15(5)21(24)20-17(23)11-16(22)12-19(20)26-10-9-14(4)7-8-18(27-25)13(2)3/h9,11-12,15,18,22-23,25H,2,6-8,10H2,1,3-5H3/b14-9+/t15-,18-/m0/s1. The Morgan fingerprint density at radius 2 is 1.96 bits per heavy atom. The average molecular weight is 378 g/mol. The molecule has 0 amide bonds. The lowest BCUT2D eigenvalue weighted by molar-refractivity contribution is -0.269. The third-order valence-electron chi connectivity index (χ3n) is 4.52. The number of phenols is 2. The topological polar surface area (TPSA) is 96.2 Å². The summed E-state index contributed by atoms with van der Waals surface area (Å²) in [7, 11) is 0. The molecule has 0 fully saturated rings. The Morgan fingerprint density at radius 3 is 2.52 bits per heavy atom. The number of carbonyl (C=O) groups is 1. The maximum absolute atomic E-state index is 12.5. The molecule has 0 heterocycles. The van der Waals surface area contributed by atoms with Crippen molar-refractivity contribution in [1.29, 1.82) is 0 Å². The summed E-state index contributed by atoms with van der Waals surface area (Å²) < 4.78 is 5.65. The minimum atomic E-state index is -0.419. The molecule has 1 rings (SSSR count). The van der Waals surface area contributed by atoms with Crippen LogP contribution in [0, 0.1) is 5.92 Å². The van der Waals surface area contributed by atoms with Gasteiger partial charge in [0.05, 0.1) is 0 Å². The molecule has 2 atom stereocenters. The fraction of sp³-hybridized carbons (Fsp3) is 0.476. The number of Topliss-reactive ketones (excluding diaryl/α,β-unsaturated/α-hetero) is 1. The number of ketones is 1. The number of rotatable bonds is 11. The fourth-order valence-corrected chi connectivity index (χ4v) is 2.50. The van der Waals surface area contributed by atoms with E-state index in [9.17, 15) is 15.0 Å². The van der Waals surface area contributed by atoms with E-state index in [1.54, 1.807) is 13.8 Å². The van der Waals surface area contributed by atoms with Crippen molar-refractivity contribution in [3.63, 3.8) is 0 Å². The lowest BCUT2D eigenvalue weighted by atomic mass is 9.95. The second-order valence-corrected chi connectivity index (χ2v) is 6.85. The summed E-state index contributed by atoms with van der Waals surface area (Å²) in [5.41, 5.74) is 1.84. The molecule has 0 saturated carbocycles. The van der Waals surface area contributed by atoms with Crippen LogP contribution in [0.5, 0.6) is 17.2 Å². The van der Waals surface area contributed by atoms with E-state index in [1.807, 2.05) is 19.9 Å². The highest BCUT2D eigenvalue weighted by Crippen LogP contribution is 2.35. The molecular formula is C21H30O6. The van der Waals surface area contributed by atoms with Gasteiger partial charge < -0.3 is 14.9 Å². The number of carbonyl (C=O) groups excluding carboxylic acids is 1. The van der Waals surface area contributed by atoms with E-state index in [2.05, 4.69) is 11.5 Å². The highest BCUT2D eigenvalue weighted by Gasteiger charge is 2.23. The van der Waals surface area contributed by atoms with E-state index in [4.69, 9.17) is 9.99 Å². The minimum absolute atomic E-state index is 0.0872. The maximum Gasteiger partial charge on any atom is 0.173 e. The van der Waals surface area contributed by atoms with Crippen LogP contribution >= 0.6 is 0 Å². The van der Waals surface area contributed by atoms with Gasteiger partial charge in [-0.1, -0.05) is 26.0 Å². The maximum atomic E-state index is 12.5. The molecule has 0 spiro atoms. The van der Waals surface area contributed by atoms with Gasteiger partial charge in [0, 0.05) is 18.1 Å². The van der Waals surface area contributed by atoms with E-state index in [0.29, 0.717) is 19.3 Å². The van der Waals surface area contributed by atoms with Crippen LogP contribution in [0.2, 0.25) is 0 Å². The Balaban J connectivity index is 2.84. The van der Waals surface area contributed by atoms with Crippen LogP contribution in [0.4, 0.5) is 0 Å². The first-order chi connectivity index (χ1) is 12.7. The van der Waals surface area contributed by atoms with Crippen molar-refractivity contribution in [1.82, 2.24) is 0 Å². The van der Waals surface area contributed by atoms with Crippen molar-refractivity contribution in [3.05, 3.63) is 41.5 Å². The van der Waals surface area contributed by atoms with Crippen molar-refractivity contribution in [2.75, 3.05) is 6.61 Å². The van der Waals surface area contributed by atoms with Gasteiger partial charge in [0.1, 0.15) is 35.5 Å². The van der Waals surface area contributed by atoms with Crippen LogP contribution in [0.3, 0.4) is 0 Å². The third kappa shape index (κ3) is 6.73. The zero-order valence-corrected chi connectivity index (χ0v) is 16.5. The molecule has 6 heteroatoms. The molecular weight excluding hydrogens is 348 g/mol. The second kappa shape index (κ2) is 10.7. The second-order valence-electron chi connectivity index (χ2n) is 6.85. The summed E-state index contributed by atoms with van der Waals surface area (Å²) in [6.07, 6.45) is 3.31. The van der Waals surface area contributed by atoms with E-state index in [-0.39, 0.29) is 41.1 Å². The molecule has 0 aromatic heterocycles. The molecule has 0 aliphatic carbocycles. The van der Waals surface area contributed by atoms with Crippen LogP contribution in [-0.2, 0) is 4.89 Å². The molecule has 6 nitrogen and oxygen atoms in total. The quantitative estimate of drug-likeness (QED) is 0.220. The van der Waals surface area contributed by atoms with Crippen molar-refractivity contribution in [2.45, 2.75) is 53.1 Å². The predicted molar refractivity (Wildman–Crippen MR) is 104 cm³/mol. The smallest absolute Gasteiger partial charge is 0.173 e.